The van der Waals surface area contributed by atoms with Gasteiger partial charge in [0.1, 0.15) is 0 Å². The summed E-state index contributed by atoms with van der Waals surface area (Å²) in [5.41, 5.74) is 0.958. The van der Waals surface area contributed by atoms with E-state index in [4.69, 9.17) is 11.6 Å². The molecule has 0 aromatic heterocycles. The van der Waals surface area contributed by atoms with Crippen LogP contribution in [0.1, 0.15) is 55.3 Å². The zero-order valence-corrected chi connectivity index (χ0v) is 17.2. The number of amides is 2. The lowest BCUT2D eigenvalue weighted by Crippen LogP contribution is -2.53. The van der Waals surface area contributed by atoms with Crippen LogP contribution in [0.25, 0.3) is 0 Å². The average molecular weight is 401 g/mol. The maximum atomic E-state index is 13.1. The van der Waals surface area contributed by atoms with Crippen molar-refractivity contribution >= 4 is 23.4 Å². The first kappa shape index (κ1) is 18.5. The van der Waals surface area contributed by atoms with E-state index in [1.807, 2.05) is 9.80 Å². The van der Waals surface area contributed by atoms with Crippen molar-refractivity contribution in [3.05, 3.63) is 34.9 Å². The van der Waals surface area contributed by atoms with Crippen LogP contribution in [-0.4, -0.2) is 47.8 Å². The number of benzene rings is 1. The molecule has 4 nitrogen and oxygen atoms in total. The van der Waals surface area contributed by atoms with Gasteiger partial charge in [0.2, 0.25) is 5.91 Å². The highest BCUT2D eigenvalue weighted by Crippen LogP contribution is 2.61. The highest BCUT2D eigenvalue weighted by Gasteiger charge is 2.51. The minimum atomic E-state index is 0.0323. The fourth-order valence-electron chi connectivity index (χ4n) is 6.87. The molecule has 0 radical (unpaired) electrons. The maximum absolute atomic E-state index is 13.1. The molecule has 4 saturated carbocycles. The summed E-state index contributed by atoms with van der Waals surface area (Å²) in [5.74, 6) is 3.00. The lowest BCUT2D eigenvalue weighted by atomic mass is 9.49. The second-order valence-corrected chi connectivity index (χ2v) is 10.2. The van der Waals surface area contributed by atoms with E-state index in [0.29, 0.717) is 48.1 Å². The van der Waals surface area contributed by atoms with Crippen LogP contribution in [0.2, 0.25) is 5.02 Å². The quantitative estimate of drug-likeness (QED) is 0.761. The molecule has 5 aliphatic rings. The number of rotatable bonds is 3. The van der Waals surface area contributed by atoms with Crippen molar-refractivity contribution in [3.8, 4) is 0 Å². The SMILES string of the molecule is O=C(CC12CC3CC(CC(C3)C1)C2)N1CCN(C(=O)c2ccc(Cl)cc2)CC1. The molecule has 150 valence electrons. The molecule has 5 heteroatoms. The van der Waals surface area contributed by atoms with Crippen LogP contribution < -0.4 is 0 Å². The summed E-state index contributed by atoms with van der Waals surface area (Å²) in [6.45, 7) is 2.55. The second kappa shape index (κ2) is 7.05. The van der Waals surface area contributed by atoms with Crippen molar-refractivity contribution in [2.45, 2.75) is 44.9 Å². The van der Waals surface area contributed by atoms with Gasteiger partial charge in [-0.3, -0.25) is 9.59 Å². The Labute approximate surface area is 172 Å². The first-order valence-corrected chi connectivity index (χ1v) is 11.2. The van der Waals surface area contributed by atoms with E-state index in [-0.39, 0.29) is 5.91 Å². The Morgan fingerprint density at radius 1 is 0.857 bits per heavy atom. The van der Waals surface area contributed by atoms with E-state index in [9.17, 15) is 9.59 Å². The van der Waals surface area contributed by atoms with Crippen LogP contribution in [0, 0.1) is 23.2 Å². The number of halogens is 1. The molecule has 6 rings (SSSR count). The highest BCUT2D eigenvalue weighted by molar-refractivity contribution is 6.30. The fraction of sp³-hybridized carbons (Fsp3) is 0.652. The van der Waals surface area contributed by atoms with Gasteiger partial charge in [-0.1, -0.05) is 11.6 Å². The van der Waals surface area contributed by atoms with Crippen LogP contribution in [0.3, 0.4) is 0 Å². The molecular formula is C23H29ClN2O2. The first-order valence-electron chi connectivity index (χ1n) is 10.8. The smallest absolute Gasteiger partial charge is 0.253 e. The predicted molar refractivity (Wildman–Crippen MR) is 109 cm³/mol. The van der Waals surface area contributed by atoms with E-state index in [1.54, 1.807) is 24.3 Å². The minimum absolute atomic E-state index is 0.0323. The van der Waals surface area contributed by atoms with Gasteiger partial charge < -0.3 is 9.80 Å². The van der Waals surface area contributed by atoms with Gasteiger partial charge >= 0.3 is 0 Å². The molecule has 1 aliphatic heterocycles. The predicted octanol–water partition coefficient (Wildman–Crippen LogP) is 4.23. The molecule has 4 bridgehead atoms. The fourth-order valence-corrected chi connectivity index (χ4v) is 7.00. The van der Waals surface area contributed by atoms with Gasteiger partial charge in [-0.2, -0.15) is 0 Å². The Balaban J connectivity index is 1.17. The number of hydrogen-bond acceptors (Lipinski definition) is 2. The highest BCUT2D eigenvalue weighted by atomic mass is 35.5. The van der Waals surface area contributed by atoms with Crippen molar-refractivity contribution < 1.29 is 9.59 Å². The van der Waals surface area contributed by atoms with Gasteiger partial charge in [-0.25, -0.2) is 0 Å². The molecule has 0 unspecified atom stereocenters. The van der Waals surface area contributed by atoms with E-state index < -0.39 is 0 Å². The normalized spacial score (nSPS) is 34.0. The van der Waals surface area contributed by atoms with Gasteiger partial charge in [0.25, 0.3) is 5.91 Å². The molecule has 5 fully saturated rings. The second-order valence-electron chi connectivity index (χ2n) is 9.77. The van der Waals surface area contributed by atoms with E-state index >= 15 is 0 Å². The Morgan fingerprint density at radius 2 is 1.36 bits per heavy atom. The summed E-state index contributed by atoms with van der Waals surface area (Å²) in [5, 5.41) is 0.636. The van der Waals surface area contributed by atoms with Crippen molar-refractivity contribution in [1.29, 1.82) is 0 Å². The zero-order valence-electron chi connectivity index (χ0n) is 16.4. The standard InChI is InChI=1S/C23H29ClN2O2/c24-20-3-1-19(2-4-20)22(28)26-7-5-25(6-8-26)21(27)15-23-12-16-9-17(13-23)11-18(10-16)14-23/h1-4,16-18H,5-15H2. The summed E-state index contributed by atoms with van der Waals surface area (Å²) in [6.07, 6.45) is 8.82. The van der Waals surface area contributed by atoms with E-state index in [0.717, 1.165) is 24.2 Å². The molecule has 0 N–H and O–H groups in total. The molecule has 28 heavy (non-hydrogen) atoms. The van der Waals surface area contributed by atoms with Gasteiger partial charge in [-0.05, 0) is 86.0 Å². The third kappa shape index (κ3) is 3.45. The minimum Gasteiger partial charge on any atom is -0.339 e. The largest absolute Gasteiger partial charge is 0.339 e. The molecule has 0 atom stereocenters. The average Bonchev–Trinajstić information content (AvgIpc) is 2.67. The third-order valence-electron chi connectivity index (χ3n) is 7.70. The van der Waals surface area contributed by atoms with Crippen molar-refractivity contribution in [1.82, 2.24) is 9.80 Å². The van der Waals surface area contributed by atoms with E-state index in [2.05, 4.69) is 0 Å². The van der Waals surface area contributed by atoms with Crippen molar-refractivity contribution in [2.24, 2.45) is 23.2 Å². The lowest BCUT2D eigenvalue weighted by Gasteiger charge is -2.57. The van der Waals surface area contributed by atoms with Crippen molar-refractivity contribution in [3.63, 3.8) is 0 Å². The Kier molecular flexibility index (Phi) is 4.65. The molecule has 4 aliphatic carbocycles. The number of carbonyl (C=O) groups is 2. The molecule has 2 amide bonds. The number of hydrogen-bond donors (Lipinski definition) is 0. The molecule has 1 aromatic rings. The number of piperazine rings is 1. The number of nitrogens with zero attached hydrogens (tertiary/aromatic N) is 2. The summed E-state index contributed by atoms with van der Waals surface area (Å²) in [4.78, 5) is 29.6. The summed E-state index contributed by atoms with van der Waals surface area (Å²) < 4.78 is 0. The van der Waals surface area contributed by atoms with Crippen LogP contribution in [0.4, 0.5) is 0 Å². The summed E-state index contributed by atoms with van der Waals surface area (Å²) in [6, 6.07) is 7.05. The van der Waals surface area contributed by atoms with Crippen LogP contribution >= 0.6 is 11.6 Å². The molecule has 1 heterocycles. The number of carbonyl (C=O) groups excluding carboxylic acids is 2. The molecular weight excluding hydrogens is 372 g/mol. The molecule has 0 spiro atoms. The summed E-state index contributed by atoms with van der Waals surface area (Å²) in [7, 11) is 0. The topological polar surface area (TPSA) is 40.6 Å². The van der Waals surface area contributed by atoms with Crippen LogP contribution in [0.5, 0.6) is 0 Å². The molecule has 1 aromatic carbocycles. The Hall–Kier alpha value is -1.55. The zero-order chi connectivity index (χ0) is 19.3. The Morgan fingerprint density at radius 3 is 1.89 bits per heavy atom. The van der Waals surface area contributed by atoms with Gasteiger partial charge in [0, 0.05) is 43.2 Å². The first-order chi connectivity index (χ1) is 13.5. The van der Waals surface area contributed by atoms with Gasteiger partial charge in [0.05, 0.1) is 0 Å². The van der Waals surface area contributed by atoms with Crippen LogP contribution in [-0.2, 0) is 4.79 Å². The van der Waals surface area contributed by atoms with Crippen LogP contribution in [0.15, 0.2) is 24.3 Å². The molecule has 1 saturated heterocycles. The third-order valence-corrected chi connectivity index (χ3v) is 7.95. The van der Waals surface area contributed by atoms with Gasteiger partial charge in [-0.15, -0.1) is 0 Å². The monoisotopic (exact) mass is 400 g/mol. The lowest BCUT2D eigenvalue weighted by molar-refractivity contribution is -0.141. The summed E-state index contributed by atoms with van der Waals surface area (Å²) >= 11 is 5.92. The van der Waals surface area contributed by atoms with Crippen molar-refractivity contribution in [2.75, 3.05) is 26.2 Å². The van der Waals surface area contributed by atoms with E-state index in [1.165, 1.54) is 38.5 Å². The van der Waals surface area contributed by atoms with Gasteiger partial charge in [0.15, 0.2) is 0 Å². The maximum Gasteiger partial charge on any atom is 0.253 e. The Bertz CT molecular complexity index is 732.